The molecule has 2 aromatic rings. The first-order valence-electron chi connectivity index (χ1n) is 13.1. The Bertz CT molecular complexity index is 844. The Morgan fingerprint density at radius 3 is 2.14 bits per heavy atom. The normalized spacial score (nSPS) is 15.4. The summed E-state index contributed by atoms with van der Waals surface area (Å²) in [5.41, 5.74) is 8.89. The van der Waals surface area contributed by atoms with Gasteiger partial charge in [-0.15, -0.1) is 0 Å². The summed E-state index contributed by atoms with van der Waals surface area (Å²) >= 11 is 0. The molecule has 4 rings (SSSR count). The molecule has 2 aromatic heterocycles. The first-order chi connectivity index (χ1) is 17.3. The lowest BCUT2D eigenvalue weighted by Gasteiger charge is -2.24. The number of aromatic nitrogens is 3. The molecule has 2 heterocycles. The fourth-order valence-electron chi connectivity index (χ4n) is 4.43. The highest BCUT2D eigenvalue weighted by atomic mass is 16.1. The van der Waals surface area contributed by atoms with Crippen LogP contribution in [0.3, 0.4) is 0 Å². The van der Waals surface area contributed by atoms with Crippen molar-refractivity contribution in [1.29, 1.82) is 0 Å². The van der Waals surface area contributed by atoms with Crippen LogP contribution < -0.4 is 11.2 Å². The number of nitrogens with two attached hydrogens (primary N) is 1. The molecule has 0 aromatic carbocycles. The molecule has 0 saturated heterocycles. The highest BCUT2D eigenvalue weighted by Gasteiger charge is 2.22. The summed E-state index contributed by atoms with van der Waals surface area (Å²) in [5, 5.41) is 0. The second-order valence-electron chi connectivity index (χ2n) is 7.99. The molecule has 3 N–H and O–H groups in total. The van der Waals surface area contributed by atoms with E-state index in [-0.39, 0.29) is 0 Å². The molecule has 2 aliphatic carbocycles. The number of allylic oxidation sites excluding steroid dienone is 2. The summed E-state index contributed by atoms with van der Waals surface area (Å²) in [6.45, 7) is 12.5. The van der Waals surface area contributed by atoms with Crippen molar-refractivity contribution in [2.45, 2.75) is 91.9 Å². The molecule has 7 heteroatoms. The van der Waals surface area contributed by atoms with Crippen molar-refractivity contribution in [1.82, 2.24) is 14.5 Å². The standard InChI is InChI=1S/C16H22N4.C7H14.C2H6.CH5N.2CH2O/c1-3-6-13(12-7-4-5-8-12)20-14-9-10-18-16(14)19-11-15(20)17-2;1-2-4-7-5-3-6-7;4*1-2/h6,9-12,18H,3-5,7-8H2,1-2H3;7H,2-6H2,1H3;1-2H3;2H2,1H3;2*1H2/b13-6+,17-15?;;;;;. The summed E-state index contributed by atoms with van der Waals surface area (Å²) in [6, 6.07) is 2.09. The van der Waals surface area contributed by atoms with Crippen LogP contribution in [-0.2, 0) is 9.59 Å². The summed E-state index contributed by atoms with van der Waals surface area (Å²) in [6.07, 6.45) is 19.9. The van der Waals surface area contributed by atoms with E-state index >= 15 is 0 Å². The van der Waals surface area contributed by atoms with Crippen molar-refractivity contribution in [2.75, 3.05) is 14.1 Å². The number of H-pyrrole nitrogens is 1. The average Bonchev–Trinajstić information content (AvgIpc) is 3.62. The SMILES string of the molecule is C=O.C=O.CC.CC/C=C(\C1CCCC1)n1c(=NC)cnc2[nH]ccc21.CCCC1CCC1.CN. The predicted octanol–water partition coefficient (Wildman–Crippen LogP) is 6.15. The molecule has 35 heavy (non-hydrogen) atoms. The summed E-state index contributed by atoms with van der Waals surface area (Å²) < 4.78 is 2.29. The molecule has 7 nitrogen and oxygen atoms in total. The van der Waals surface area contributed by atoms with Crippen molar-refractivity contribution in [3.63, 3.8) is 0 Å². The van der Waals surface area contributed by atoms with Crippen LogP contribution in [0.15, 0.2) is 29.5 Å². The van der Waals surface area contributed by atoms with Gasteiger partial charge in [-0.2, -0.15) is 0 Å². The number of rotatable bonds is 5. The van der Waals surface area contributed by atoms with Gasteiger partial charge in [-0.05, 0) is 44.2 Å². The van der Waals surface area contributed by atoms with Gasteiger partial charge in [0.1, 0.15) is 13.6 Å². The molecule has 2 saturated carbocycles. The molecule has 0 bridgehead atoms. The first kappa shape index (κ1) is 34.6. The summed E-state index contributed by atoms with van der Waals surface area (Å²) in [4.78, 5) is 28.1. The molecule has 2 fully saturated rings. The molecule has 0 amide bonds. The molecule has 0 spiro atoms. The molecule has 0 radical (unpaired) electrons. The van der Waals surface area contributed by atoms with E-state index in [1.165, 1.54) is 70.5 Å². The van der Waals surface area contributed by atoms with Gasteiger partial charge < -0.3 is 20.3 Å². The van der Waals surface area contributed by atoms with Crippen molar-refractivity contribution in [2.24, 2.45) is 22.6 Å². The van der Waals surface area contributed by atoms with Crippen molar-refractivity contribution < 1.29 is 9.59 Å². The molecule has 200 valence electrons. The molecule has 0 atom stereocenters. The van der Waals surface area contributed by atoms with E-state index in [9.17, 15) is 0 Å². The van der Waals surface area contributed by atoms with Crippen molar-refractivity contribution in [3.05, 3.63) is 30.0 Å². The minimum absolute atomic E-state index is 0.654. The van der Waals surface area contributed by atoms with Crippen molar-refractivity contribution >= 4 is 30.4 Å². The first-order valence-corrected chi connectivity index (χ1v) is 13.1. The molecule has 2 aliphatic rings. The maximum absolute atomic E-state index is 8.00. The Balaban J connectivity index is 0. The van der Waals surface area contributed by atoms with E-state index < -0.39 is 0 Å². The van der Waals surface area contributed by atoms with Gasteiger partial charge >= 0.3 is 0 Å². The number of hydrogen-bond donors (Lipinski definition) is 2. The van der Waals surface area contributed by atoms with Crippen LogP contribution in [0.5, 0.6) is 0 Å². The van der Waals surface area contributed by atoms with Crippen LogP contribution in [0.4, 0.5) is 0 Å². The number of carbonyl (C=O) groups is 2. The Labute approximate surface area is 213 Å². The van der Waals surface area contributed by atoms with E-state index in [4.69, 9.17) is 9.59 Å². The van der Waals surface area contributed by atoms with Crippen LogP contribution in [-0.4, -0.2) is 42.2 Å². The van der Waals surface area contributed by atoms with Gasteiger partial charge in [0.15, 0.2) is 11.1 Å². The molecular weight excluding hydrogens is 438 g/mol. The smallest absolute Gasteiger partial charge is 0.154 e. The number of aromatic amines is 1. The van der Waals surface area contributed by atoms with E-state index in [0.29, 0.717) is 5.92 Å². The number of nitrogens with one attached hydrogen (secondary N) is 1. The second kappa shape index (κ2) is 23.2. The zero-order valence-corrected chi connectivity index (χ0v) is 23.2. The summed E-state index contributed by atoms with van der Waals surface area (Å²) in [7, 11) is 3.34. The zero-order chi connectivity index (χ0) is 27.1. The van der Waals surface area contributed by atoms with Gasteiger partial charge in [0.05, 0.1) is 11.7 Å². The predicted molar refractivity (Wildman–Crippen MR) is 150 cm³/mol. The topological polar surface area (TPSA) is 106 Å². The van der Waals surface area contributed by atoms with Gasteiger partial charge in [0.25, 0.3) is 0 Å². The maximum Gasteiger partial charge on any atom is 0.154 e. The Hall–Kier alpha value is -2.54. The third-order valence-corrected chi connectivity index (χ3v) is 6.08. The number of fused-ring (bicyclic) bond motifs is 1. The van der Waals surface area contributed by atoms with E-state index in [2.05, 4.69) is 51.3 Å². The second-order valence-corrected chi connectivity index (χ2v) is 7.99. The fourth-order valence-corrected chi connectivity index (χ4v) is 4.43. The highest BCUT2D eigenvalue weighted by Crippen LogP contribution is 2.34. The maximum atomic E-state index is 8.00. The Morgan fingerprint density at radius 1 is 1.11 bits per heavy atom. The van der Waals surface area contributed by atoms with Gasteiger partial charge in [0.2, 0.25) is 0 Å². The van der Waals surface area contributed by atoms with Crippen LogP contribution in [0, 0.1) is 11.8 Å². The third kappa shape index (κ3) is 11.2. The molecule has 0 unspecified atom stereocenters. The monoisotopic (exact) mass is 489 g/mol. The number of hydrogen-bond acceptors (Lipinski definition) is 5. The minimum atomic E-state index is 0.654. The zero-order valence-electron chi connectivity index (χ0n) is 23.2. The van der Waals surface area contributed by atoms with Gasteiger partial charge in [0, 0.05) is 18.9 Å². The largest absolute Gasteiger partial charge is 0.345 e. The van der Waals surface area contributed by atoms with E-state index in [0.717, 1.165) is 29.0 Å². The quantitative estimate of drug-likeness (QED) is 0.525. The molecule has 0 aliphatic heterocycles. The Kier molecular flexibility index (Phi) is 23.0. The van der Waals surface area contributed by atoms with Gasteiger partial charge in [-0.3, -0.25) is 9.56 Å². The lowest BCUT2D eigenvalue weighted by Crippen LogP contribution is -2.24. The van der Waals surface area contributed by atoms with Crippen LogP contribution in [0.25, 0.3) is 16.9 Å². The lowest BCUT2D eigenvalue weighted by atomic mass is 9.82. The number of carbonyl (C=O) groups excluding carboxylic acids is 2. The highest BCUT2D eigenvalue weighted by molar-refractivity contribution is 5.75. The van der Waals surface area contributed by atoms with E-state index in [1.54, 1.807) is 0 Å². The minimum Gasteiger partial charge on any atom is -0.345 e. The van der Waals surface area contributed by atoms with Crippen LogP contribution in [0.1, 0.15) is 91.9 Å². The number of nitrogens with zero attached hydrogens (tertiary/aromatic N) is 3. The lowest BCUT2D eigenvalue weighted by molar-refractivity contribution is -0.0987. The third-order valence-electron chi connectivity index (χ3n) is 6.08. The molecular formula is C28H51N5O2. The van der Waals surface area contributed by atoms with Crippen LogP contribution in [0.2, 0.25) is 0 Å². The van der Waals surface area contributed by atoms with E-state index in [1.807, 2.05) is 46.9 Å². The fraction of sp³-hybridized carbons (Fsp3) is 0.643. The van der Waals surface area contributed by atoms with Gasteiger partial charge in [-0.1, -0.05) is 78.7 Å². The van der Waals surface area contributed by atoms with Crippen molar-refractivity contribution in [3.8, 4) is 0 Å². The Morgan fingerprint density at radius 2 is 1.71 bits per heavy atom. The van der Waals surface area contributed by atoms with Crippen LogP contribution >= 0.6 is 0 Å². The summed E-state index contributed by atoms with van der Waals surface area (Å²) in [5.74, 6) is 1.78. The average molecular weight is 490 g/mol. The van der Waals surface area contributed by atoms with Gasteiger partial charge in [-0.25, -0.2) is 4.98 Å².